The van der Waals surface area contributed by atoms with Crippen molar-refractivity contribution in [2.24, 2.45) is 0 Å². The topological polar surface area (TPSA) is 63.6 Å². The predicted octanol–water partition coefficient (Wildman–Crippen LogP) is 9.31. The Hall–Kier alpha value is -2.10. The van der Waals surface area contributed by atoms with Gasteiger partial charge in [0.15, 0.2) is 0 Å². The number of hydrogen-bond acceptors (Lipinski definition) is 3. The van der Waals surface area contributed by atoms with Crippen LogP contribution in [0.2, 0.25) is 0 Å². The molecule has 35 heavy (non-hydrogen) atoms. The third-order valence-electron chi connectivity index (χ3n) is 6.65. The fraction of sp³-hybridized carbons (Fsp3) is 0.677. The molecule has 4 nitrogen and oxygen atoms in total. The molecule has 2 rings (SSSR count). The lowest BCUT2D eigenvalue weighted by atomic mass is 9.97. The second-order valence-corrected chi connectivity index (χ2v) is 9.92. The van der Waals surface area contributed by atoms with Crippen molar-refractivity contribution in [3.63, 3.8) is 0 Å². The van der Waals surface area contributed by atoms with Crippen molar-refractivity contribution in [1.29, 1.82) is 0 Å². The van der Waals surface area contributed by atoms with Crippen LogP contribution in [0.4, 0.5) is 0 Å². The summed E-state index contributed by atoms with van der Waals surface area (Å²) < 4.78 is 5.30. The van der Waals surface area contributed by atoms with Crippen molar-refractivity contribution in [1.82, 2.24) is 0 Å². The van der Waals surface area contributed by atoms with Gasteiger partial charge in [-0.15, -0.1) is 0 Å². The van der Waals surface area contributed by atoms with Gasteiger partial charge in [0.05, 0.1) is 17.7 Å². The molecule has 4 heteroatoms. The second kappa shape index (κ2) is 20.1. The van der Waals surface area contributed by atoms with Crippen LogP contribution in [0.15, 0.2) is 30.4 Å². The monoisotopic (exact) mass is 486 g/mol. The Morgan fingerprint density at radius 1 is 0.800 bits per heavy atom. The smallest absolute Gasteiger partial charge is 0.339 e. The van der Waals surface area contributed by atoms with Crippen LogP contribution in [0.5, 0.6) is 0 Å². The highest BCUT2D eigenvalue weighted by atomic mass is 16.5. The lowest BCUT2D eigenvalue weighted by Crippen LogP contribution is -2.13. The van der Waals surface area contributed by atoms with Crippen LogP contribution in [0, 0.1) is 0 Å². The van der Waals surface area contributed by atoms with E-state index in [2.05, 4.69) is 20.4 Å². The molecular formula is C31H50O4. The van der Waals surface area contributed by atoms with Gasteiger partial charge < -0.3 is 9.84 Å². The molecule has 198 valence electrons. The average molecular weight is 487 g/mol. The van der Waals surface area contributed by atoms with Crippen LogP contribution in [-0.4, -0.2) is 23.7 Å². The van der Waals surface area contributed by atoms with Crippen molar-refractivity contribution >= 4 is 11.9 Å². The first kappa shape index (κ1) is 30.9. The van der Waals surface area contributed by atoms with E-state index in [1.165, 1.54) is 82.6 Å². The number of allylic oxidation sites excluding steroid dienone is 1. The van der Waals surface area contributed by atoms with E-state index in [0.29, 0.717) is 6.61 Å². The standard InChI is InChI=1S/C24H38O4.C7H12/c1-3-5-7-9-11-13-15-20-16-17-21(22(19-20)23(25)26)24(27)28-18-14-12-10-8-6-4-2;1-7-5-3-2-4-6-7/h16-17,19H,3-15,18H2,1-2H3,(H,25,26);1-6H2. The van der Waals surface area contributed by atoms with Crippen LogP contribution in [0.25, 0.3) is 0 Å². The normalized spacial score (nSPS) is 13.1. The summed E-state index contributed by atoms with van der Waals surface area (Å²) in [5, 5.41) is 9.49. The summed E-state index contributed by atoms with van der Waals surface area (Å²) in [6.07, 6.45) is 21.5. The minimum absolute atomic E-state index is 0.0522. The van der Waals surface area contributed by atoms with E-state index in [-0.39, 0.29) is 11.1 Å². The zero-order valence-electron chi connectivity index (χ0n) is 22.5. The molecule has 1 fully saturated rings. The van der Waals surface area contributed by atoms with Crippen molar-refractivity contribution in [2.75, 3.05) is 6.61 Å². The zero-order chi connectivity index (χ0) is 25.7. The van der Waals surface area contributed by atoms with Crippen LogP contribution in [0.1, 0.15) is 149 Å². The lowest BCUT2D eigenvalue weighted by Gasteiger charge is -2.10. The van der Waals surface area contributed by atoms with E-state index in [9.17, 15) is 14.7 Å². The van der Waals surface area contributed by atoms with Gasteiger partial charge in [0.1, 0.15) is 0 Å². The van der Waals surface area contributed by atoms with Crippen LogP contribution < -0.4 is 0 Å². The van der Waals surface area contributed by atoms with E-state index in [1.54, 1.807) is 12.1 Å². The van der Waals surface area contributed by atoms with Crippen molar-refractivity contribution < 1.29 is 19.4 Å². The molecule has 1 aromatic rings. The Morgan fingerprint density at radius 2 is 1.37 bits per heavy atom. The highest BCUT2D eigenvalue weighted by Crippen LogP contribution is 2.20. The first-order chi connectivity index (χ1) is 17.0. The summed E-state index contributed by atoms with van der Waals surface area (Å²) in [4.78, 5) is 23.9. The van der Waals surface area contributed by atoms with Gasteiger partial charge in [0.25, 0.3) is 0 Å². The number of aromatic carboxylic acids is 1. The average Bonchev–Trinajstić information content (AvgIpc) is 2.86. The summed E-state index contributed by atoms with van der Waals surface area (Å²) in [6.45, 7) is 8.65. The quantitative estimate of drug-likeness (QED) is 0.144. The summed E-state index contributed by atoms with van der Waals surface area (Å²) in [7, 11) is 0. The third-order valence-corrected chi connectivity index (χ3v) is 6.65. The van der Waals surface area contributed by atoms with E-state index < -0.39 is 11.9 Å². The van der Waals surface area contributed by atoms with Crippen LogP contribution >= 0.6 is 0 Å². The Labute approximate surface area is 214 Å². The van der Waals surface area contributed by atoms with Gasteiger partial charge in [-0.05, 0) is 62.6 Å². The molecule has 1 aliphatic carbocycles. The zero-order valence-corrected chi connectivity index (χ0v) is 22.5. The Morgan fingerprint density at radius 3 is 1.91 bits per heavy atom. The molecule has 1 saturated carbocycles. The molecule has 0 aliphatic heterocycles. The molecule has 0 amide bonds. The highest BCUT2D eigenvalue weighted by Gasteiger charge is 2.18. The molecule has 0 spiro atoms. The maximum Gasteiger partial charge on any atom is 0.339 e. The summed E-state index contributed by atoms with van der Waals surface area (Å²) in [5.41, 5.74) is 2.65. The Balaban J connectivity index is 0.000000744. The molecule has 0 atom stereocenters. The molecule has 0 heterocycles. The minimum atomic E-state index is -1.07. The number of carbonyl (C=O) groups is 2. The third kappa shape index (κ3) is 14.8. The molecule has 1 aromatic carbocycles. The molecule has 0 aromatic heterocycles. The maximum absolute atomic E-state index is 12.3. The van der Waals surface area contributed by atoms with Gasteiger partial charge in [0, 0.05) is 0 Å². The number of unbranched alkanes of at least 4 members (excludes halogenated alkanes) is 10. The van der Waals surface area contributed by atoms with Gasteiger partial charge >= 0.3 is 11.9 Å². The number of rotatable bonds is 16. The minimum Gasteiger partial charge on any atom is -0.478 e. The van der Waals surface area contributed by atoms with Crippen molar-refractivity contribution in [3.05, 3.63) is 47.0 Å². The maximum atomic E-state index is 12.3. The summed E-state index contributed by atoms with van der Waals surface area (Å²) in [5.74, 6) is -1.60. The molecule has 0 bridgehead atoms. The summed E-state index contributed by atoms with van der Waals surface area (Å²) in [6, 6.07) is 5.11. The molecule has 0 saturated heterocycles. The van der Waals surface area contributed by atoms with Crippen LogP contribution in [-0.2, 0) is 11.2 Å². The Bertz CT molecular complexity index is 729. The molecule has 1 N–H and O–H groups in total. The molecule has 0 unspecified atom stereocenters. The summed E-state index contributed by atoms with van der Waals surface area (Å²) >= 11 is 0. The number of benzene rings is 1. The number of aryl methyl sites for hydroxylation is 1. The largest absolute Gasteiger partial charge is 0.478 e. The molecular weight excluding hydrogens is 436 g/mol. The molecule has 0 radical (unpaired) electrons. The second-order valence-electron chi connectivity index (χ2n) is 9.92. The fourth-order valence-corrected chi connectivity index (χ4v) is 4.39. The van der Waals surface area contributed by atoms with Gasteiger partial charge in [-0.3, -0.25) is 0 Å². The fourth-order valence-electron chi connectivity index (χ4n) is 4.39. The van der Waals surface area contributed by atoms with Crippen molar-refractivity contribution in [2.45, 2.75) is 129 Å². The highest BCUT2D eigenvalue weighted by molar-refractivity contribution is 6.02. The van der Waals surface area contributed by atoms with E-state index in [1.807, 2.05) is 6.07 Å². The van der Waals surface area contributed by atoms with Crippen LogP contribution in [0.3, 0.4) is 0 Å². The van der Waals surface area contributed by atoms with Gasteiger partial charge in [-0.1, -0.05) is 103 Å². The van der Waals surface area contributed by atoms with E-state index >= 15 is 0 Å². The van der Waals surface area contributed by atoms with Crippen molar-refractivity contribution in [3.8, 4) is 0 Å². The number of carboxylic acids is 1. The van der Waals surface area contributed by atoms with Gasteiger partial charge in [-0.2, -0.15) is 0 Å². The number of hydrogen-bond donors (Lipinski definition) is 1. The van der Waals surface area contributed by atoms with E-state index in [0.717, 1.165) is 44.1 Å². The molecule has 1 aliphatic rings. The SMILES string of the molecule is C=C1CCCCC1.CCCCCCCCOC(=O)c1ccc(CCCCCCCC)cc1C(=O)O. The van der Waals surface area contributed by atoms with Gasteiger partial charge in [-0.25, -0.2) is 9.59 Å². The number of carboxylic acid groups (broad SMARTS) is 1. The lowest BCUT2D eigenvalue weighted by molar-refractivity contribution is 0.0487. The first-order valence-corrected chi connectivity index (χ1v) is 14.2. The van der Waals surface area contributed by atoms with E-state index in [4.69, 9.17) is 4.74 Å². The number of carbonyl (C=O) groups excluding carboxylic acids is 1. The van der Waals surface area contributed by atoms with Gasteiger partial charge in [0.2, 0.25) is 0 Å². The number of esters is 1. The predicted molar refractivity (Wildman–Crippen MR) is 146 cm³/mol. The number of ether oxygens (including phenoxy) is 1. The first-order valence-electron chi connectivity index (χ1n) is 14.2. The Kier molecular flexibility index (Phi) is 17.8.